The van der Waals surface area contributed by atoms with Crippen LogP contribution >= 0.6 is 12.2 Å². The van der Waals surface area contributed by atoms with Crippen LogP contribution in [0, 0.1) is 4.77 Å². The maximum Gasteiger partial charge on any atom is 0.379 e. The minimum absolute atomic E-state index is 0.764. The van der Waals surface area contributed by atoms with Crippen molar-refractivity contribution in [3.8, 4) is 0 Å². The van der Waals surface area contributed by atoms with E-state index in [2.05, 4.69) is 4.98 Å². The molecule has 0 spiro atoms. The molecule has 64 valence electrons. The summed E-state index contributed by atoms with van der Waals surface area (Å²) in [6.07, 6.45) is 3.69. The van der Waals surface area contributed by atoms with E-state index in [0.717, 1.165) is 4.77 Å². The molecule has 1 heterocycles. The van der Waals surface area contributed by atoms with E-state index < -0.39 is 6.68 Å². The van der Waals surface area contributed by atoms with Gasteiger partial charge in [0.2, 0.25) is 0 Å². The summed E-state index contributed by atoms with van der Waals surface area (Å²) in [4.78, 5) is 2.85. The minimum atomic E-state index is -3.67. The van der Waals surface area contributed by atoms with Crippen molar-refractivity contribution in [1.82, 2.24) is 9.55 Å². The maximum atomic E-state index is 9.67. The normalized spacial score (nSPS) is 9.18. The van der Waals surface area contributed by atoms with E-state index in [9.17, 15) is 13.2 Å². The molecule has 0 amide bonds. The first-order valence-corrected chi connectivity index (χ1v) is 3.07. The van der Waals surface area contributed by atoms with E-state index in [-0.39, 0.29) is 0 Å². The number of rotatable bonds is 0. The van der Waals surface area contributed by atoms with E-state index in [0.29, 0.717) is 0 Å². The zero-order chi connectivity index (χ0) is 8.85. The van der Waals surface area contributed by atoms with Gasteiger partial charge in [-0.15, -0.1) is 0 Å². The molecule has 0 saturated heterocycles. The Kier molecular flexibility index (Phi) is 4.60. The van der Waals surface area contributed by atoms with Gasteiger partial charge in [0, 0.05) is 19.4 Å². The summed E-state index contributed by atoms with van der Waals surface area (Å²) in [5, 5.41) is 0. The van der Waals surface area contributed by atoms with Crippen LogP contribution in [-0.4, -0.2) is 16.2 Å². The van der Waals surface area contributed by atoms with Crippen LogP contribution in [0.25, 0.3) is 0 Å². The second-order valence-corrected chi connectivity index (χ2v) is 2.01. The number of nitrogens with zero attached hydrogens (tertiary/aromatic N) is 1. The van der Waals surface area contributed by atoms with Crippen LogP contribution in [0.4, 0.5) is 13.2 Å². The van der Waals surface area contributed by atoms with Crippen LogP contribution < -0.4 is 0 Å². The Balaban J connectivity index is 0.000000218. The van der Waals surface area contributed by atoms with Gasteiger partial charge in [0.15, 0.2) is 4.77 Å². The smallest absolute Gasteiger partial charge is 0.337 e. The quantitative estimate of drug-likeness (QED) is 0.613. The molecule has 1 N–H and O–H groups in total. The molecule has 0 saturated carbocycles. The summed E-state index contributed by atoms with van der Waals surface area (Å²) >= 11 is 4.79. The lowest BCUT2D eigenvalue weighted by molar-refractivity contribution is 0.00819. The fraction of sp³-hybridized carbons (Fsp3) is 0.400. The SMILES string of the molecule is Cn1cc[nH]c1=S.FC(F)F. The average Bonchev–Trinajstić information content (AvgIpc) is 2.15. The average molecular weight is 184 g/mol. The van der Waals surface area contributed by atoms with Gasteiger partial charge in [-0.2, -0.15) is 13.2 Å². The lowest BCUT2D eigenvalue weighted by atomic mass is 10.9. The van der Waals surface area contributed by atoms with Crippen molar-refractivity contribution in [1.29, 1.82) is 0 Å². The molecule has 0 atom stereocenters. The van der Waals surface area contributed by atoms with Gasteiger partial charge < -0.3 is 9.55 Å². The van der Waals surface area contributed by atoms with Gasteiger partial charge in [0.1, 0.15) is 0 Å². The fourth-order valence-electron chi connectivity index (χ4n) is 0.390. The van der Waals surface area contributed by atoms with Gasteiger partial charge in [-0.25, -0.2) is 0 Å². The number of imidazole rings is 1. The predicted molar refractivity (Wildman–Crippen MR) is 37.7 cm³/mol. The summed E-state index contributed by atoms with van der Waals surface area (Å²) < 4.78 is 31.6. The third-order valence-corrected chi connectivity index (χ3v) is 1.23. The van der Waals surface area contributed by atoms with Crippen LogP contribution in [0.3, 0.4) is 0 Å². The van der Waals surface area contributed by atoms with Crippen LogP contribution in [0.2, 0.25) is 0 Å². The Labute approximate surface area is 66.7 Å². The van der Waals surface area contributed by atoms with Crippen molar-refractivity contribution in [2.75, 3.05) is 0 Å². The molecule has 0 aliphatic heterocycles. The molecule has 0 fully saturated rings. The number of alkyl halides is 3. The zero-order valence-electron chi connectivity index (χ0n) is 5.72. The lowest BCUT2D eigenvalue weighted by Crippen LogP contribution is -1.81. The highest BCUT2D eigenvalue weighted by atomic mass is 32.1. The van der Waals surface area contributed by atoms with Crippen molar-refractivity contribution in [2.24, 2.45) is 7.05 Å². The van der Waals surface area contributed by atoms with E-state index >= 15 is 0 Å². The Morgan fingerprint density at radius 1 is 1.55 bits per heavy atom. The molecular weight excluding hydrogens is 177 g/mol. The molecule has 0 aliphatic carbocycles. The first-order valence-electron chi connectivity index (χ1n) is 2.66. The summed E-state index contributed by atoms with van der Waals surface area (Å²) in [5.74, 6) is 0. The Morgan fingerprint density at radius 2 is 2.00 bits per heavy atom. The third kappa shape index (κ3) is 5.65. The van der Waals surface area contributed by atoms with Gasteiger partial charge in [0.25, 0.3) is 0 Å². The van der Waals surface area contributed by atoms with Crippen LogP contribution in [-0.2, 0) is 7.05 Å². The van der Waals surface area contributed by atoms with Crippen molar-refractivity contribution in [3.63, 3.8) is 0 Å². The number of halogens is 3. The van der Waals surface area contributed by atoms with Crippen molar-refractivity contribution >= 4 is 12.2 Å². The number of hydrogen-bond acceptors (Lipinski definition) is 1. The summed E-state index contributed by atoms with van der Waals surface area (Å²) in [6, 6.07) is 0. The van der Waals surface area contributed by atoms with Gasteiger partial charge >= 0.3 is 6.68 Å². The van der Waals surface area contributed by atoms with Crippen LogP contribution in [0.1, 0.15) is 0 Å². The monoisotopic (exact) mass is 184 g/mol. The van der Waals surface area contributed by atoms with Gasteiger partial charge in [0.05, 0.1) is 0 Å². The Morgan fingerprint density at radius 3 is 2.09 bits per heavy atom. The first kappa shape index (κ1) is 10.2. The zero-order valence-corrected chi connectivity index (χ0v) is 6.54. The van der Waals surface area contributed by atoms with E-state index in [1.54, 1.807) is 0 Å². The largest absolute Gasteiger partial charge is 0.379 e. The molecule has 11 heavy (non-hydrogen) atoms. The fourth-order valence-corrected chi connectivity index (χ4v) is 0.519. The van der Waals surface area contributed by atoms with Gasteiger partial charge in [-0.3, -0.25) is 0 Å². The molecule has 6 heteroatoms. The molecule has 0 aromatic carbocycles. The molecule has 0 aliphatic rings. The van der Waals surface area contributed by atoms with Crippen molar-refractivity contribution in [2.45, 2.75) is 6.68 Å². The number of nitrogens with one attached hydrogen (secondary N) is 1. The van der Waals surface area contributed by atoms with Crippen molar-refractivity contribution in [3.05, 3.63) is 17.2 Å². The summed E-state index contributed by atoms with van der Waals surface area (Å²) in [5.41, 5.74) is 0. The van der Waals surface area contributed by atoms with Crippen molar-refractivity contribution < 1.29 is 13.2 Å². The number of hydrogen-bond donors (Lipinski definition) is 1. The highest BCUT2D eigenvalue weighted by Crippen LogP contribution is 1.87. The second kappa shape index (κ2) is 4.95. The molecule has 1 rings (SSSR count). The Bertz CT molecular complexity index is 239. The number of H-pyrrole nitrogens is 1. The molecule has 1 aromatic rings. The standard InChI is InChI=1S/C4H6N2S.CHF3/c1-6-3-2-5-4(6)7;2-1(3)4/h2-3H,1H3,(H,5,7);1H. The highest BCUT2D eigenvalue weighted by Gasteiger charge is 1.86. The van der Waals surface area contributed by atoms with Gasteiger partial charge in [-0.05, 0) is 12.2 Å². The predicted octanol–water partition coefficient (Wildman–Crippen LogP) is 2.26. The van der Waals surface area contributed by atoms with E-state index in [4.69, 9.17) is 12.2 Å². The van der Waals surface area contributed by atoms with Crippen LogP contribution in [0.15, 0.2) is 12.4 Å². The number of aromatic amines is 1. The molecule has 0 radical (unpaired) electrons. The molecule has 2 nitrogen and oxygen atoms in total. The molecular formula is C5H7F3N2S. The van der Waals surface area contributed by atoms with Gasteiger partial charge in [-0.1, -0.05) is 0 Å². The lowest BCUT2D eigenvalue weighted by Gasteiger charge is -1.79. The second-order valence-electron chi connectivity index (χ2n) is 1.62. The Hall–Kier alpha value is -0.780. The van der Waals surface area contributed by atoms with E-state index in [1.165, 1.54) is 0 Å². The summed E-state index contributed by atoms with van der Waals surface area (Å²) in [6.45, 7) is -3.67. The third-order valence-electron chi connectivity index (χ3n) is 0.825. The topological polar surface area (TPSA) is 20.7 Å². The van der Waals surface area contributed by atoms with Crippen LogP contribution in [0.5, 0.6) is 0 Å². The minimum Gasteiger partial charge on any atom is -0.337 e. The van der Waals surface area contributed by atoms with E-state index in [1.807, 2.05) is 24.0 Å². The summed E-state index contributed by atoms with van der Waals surface area (Å²) in [7, 11) is 1.90. The molecule has 1 aromatic heterocycles. The number of aryl methyl sites for hydroxylation is 1. The maximum absolute atomic E-state index is 9.67. The molecule has 0 bridgehead atoms. The highest BCUT2D eigenvalue weighted by molar-refractivity contribution is 7.71. The molecule has 0 unspecified atom stereocenters. The first-order chi connectivity index (χ1) is 5.04. The number of aromatic nitrogens is 2.